The molecular weight excluding hydrogens is 246 g/mol. The first kappa shape index (κ1) is 12.8. The Labute approximate surface area is 119 Å². The van der Waals surface area contributed by atoms with Gasteiger partial charge in [0.1, 0.15) is 5.75 Å². The molecule has 0 fully saturated rings. The minimum Gasteiger partial charge on any atom is -0.508 e. The van der Waals surface area contributed by atoms with Crippen LogP contribution in [0.5, 0.6) is 5.75 Å². The lowest BCUT2D eigenvalue weighted by Crippen LogP contribution is -1.98. The zero-order chi connectivity index (χ0) is 14.1. The van der Waals surface area contributed by atoms with Crippen molar-refractivity contribution in [1.29, 1.82) is 0 Å². The van der Waals surface area contributed by atoms with E-state index in [2.05, 4.69) is 42.7 Å². The third-order valence-corrected chi connectivity index (χ3v) is 3.82. The molecule has 20 heavy (non-hydrogen) atoms. The maximum Gasteiger partial charge on any atom is 0.117 e. The van der Waals surface area contributed by atoms with E-state index in [1.54, 1.807) is 6.07 Å². The average Bonchev–Trinajstić information content (AvgIpc) is 2.73. The highest BCUT2D eigenvalue weighted by Crippen LogP contribution is 2.36. The van der Waals surface area contributed by atoms with Crippen LogP contribution in [0.1, 0.15) is 19.0 Å². The number of phenols is 1. The van der Waals surface area contributed by atoms with Gasteiger partial charge in [0.2, 0.25) is 0 Å². The van der Waals surface area contributed by atoms with Gasteiger partial charge < -0.3 is 9.67 Å². The smallest absolute Gasteiger partial charge is 0.117 e. The first-order valence-corrected chi connectivity index (χ1v) is 7.09. The van der Waals surface area contributed by atoms with Crippen molar-refractivity contribution in [1.82, 2.24) is 4.57 Å². The highest BCUT2D eigenvalue weighted by Gasteiger charge is 2.15. The van der Waals surface area contributed by atoms with Gasteiger partial charge >= 0.3 is 0 Å². The van der Waals surface area contributed by atoms with Gasteiger partial charge in [0.05, 0.1) is 5.52 Å². The average molecular weight is 265 g/mol. The van der Waals surface area contributed by atoms with Crippen molar-refractivity contribution in [2.45, 2.75) is 26.8 Å². The number of benzene rings is 2. The van der Waals surface area contributed by atoms with Crippen molar-refractivity contribution >= 4 is 10.9 Å². The molecule has 1 N–H and O–H groups in total. The van der Waals surface area contributed by atoms with Crippen LogP contribution in [0, 0.1) is 6.92 Å². The van der Waals surface area contributed by atoms with Crippen LogP contribution in [0.4, 0.5) is 0 Å². The second-order valence-electron chi connectivity index (χ2n) is 5.18. The van der Waals surface area contributed by atoms with Crippen molar-refractivity contribution in [2.75, 3.05) is 0 Å². The van der Waals surface area contributed by atoms with E-state index in [0.29, 0.717) is 5.75 Å². The van der Waals surface area contributed by atoms with Gasteiger partial charge in [-0.25, -0.2) is 0 Å². The van der Waals surface area contributed by atoms with Gasteiger partial charge in [-0.1, -0.05) is 37.3 Å². The Morgan fingerprint density at radius 3 is 2.50 bits per heavy atom. The molecule has 3 rings (SSSR count). The van der Waals surface area contributed by atoms with E-state index in [4.69, 9.17) is 0 Å². The van der Waals surface area contributed by atoms with Crippen LogP contribution in [-0.2, 0) is 6.54 Å². The van der Waals surface area contributed by atoms with Gasteiger partial charge in [0.15, 0.2) is 0 Å². The number of rotatable bonds is 3. The van der Waals surface area contributed by atoms with Gasteiger partial charge in [-0.05, 0) is 31.0 Å². The Bertz CT molecular complexity index is 741. The summed E-state index contributed by atoms with van der Waals surface area (Å²) in [4.78, 5) is 0. The summed E-state index contributed by atoms with van der Waals surface area (Å²) in [6, 6.07) is 16.1. The lowest BCUT2D eigenvalue weighted by Gasteiger charge is -2.07. The van der Waals surface area contributed by atoms with Crippen LogP contribution in [0.2, 0.25) is 0 Å². The number of hydrogen-bond acceptors (Lipinski definition) is 1. The van der Waals surface area contributed by atoms with E-state index in [-0.39, 0.29) is 0 Å². The number of aryl methyl sites for hydroxylation is 1. The fourth-order valence-electron chi connectivity index (χ4n) is 2.95. The zero-order valence-corrected chi connectivity index (χ0v) is 11.9. The quantitative estimate of drug-likeness (QED) is 0.727. The normalized spacial score (nSPS) is 11.1. The molecule has 0 saturated carbocycles. The standard InChI is InChI=1S/C18H19NO/c1-3-11-19-13(2)18(14-7-5-4-6-8-14)16-10-9-15(20)12-17(16)19/h4-10,12,20H,3,11H2,1-2H3. The maximum absolute atomic E-state index is 9.78. The summed E-state index contributed by atoms with van der Waals surface area (Å²) in [5.41, 5.74) is 4.88. The Morgan fingerprint density at radius 2 is 1.80 bits per heavy atom. The number of hydrogen-bond donors (Lipinski definition) is 1. The van der Waals surface area contributed by atoms with Gasteiger partial charge in [-0.15, -0.1) is 0 Å². The van der Waals surface area contributed by atoms with Gasteiger partial charge in [0.25, 0.3) is 0 Å². The van der Waals surface area contributed by atoms with E-state index in [9.17, 15) is 5.11 Å². The Hall–Kier alpha value is -2.22. The Morgan fingerprint density at radius 1 is 1.05 bits per heavy atom. The summed E-state index contributed by atoms with van der Waals surface area (Å²) in [5.74, 6) is 0.326. The van der Waals surface area contributed by atoms with Gasteiger partial charge in [-0.3, -0.25) is 0 Å². The summed E-state index contributed by atoms with van der Waals surface area (Å²) >= 11 is 0. The highest BCUT2D eigenvalue weighted by molar-refractivity contribution is 5.98. The summed E-state index contributed by atoms with van der Waals surface area (Å²) in [6.07, 6.45) is 1.08. The number of nitrogens with zero attached hydrogens (tertiary/aromatic N) is 1. The second-order valence-corrected chi connectivity index (χ2v) is 5.18. The molecule has 2 nitrogen and oxygen atoms in total. The largest absolute Gasteiger partial charge is 0.508 e. The molecule has 102 valence electrons. The van der Waals surface area contributed by atoms with Gasteiger partial charge in [-0.2, -0.15) is 0 Å². The second kappa shape index (κ2) is 5.04. The molecule has 0 aliphatic carbocycles. The van der Waals surface area contributed by atoms with Crippen molar-refractivity contribution in [3.63, 3.8) is 0 Å². The molecule has 0 bridgehead atoms. The molecule has 1 aromatic heterocycles. The lowest BCUT2D eigenvalue weighted by atomic mass is 10.0. The molecule has 2 heteroatoms. The molecule has 3 aromatic rings. The Balaban J connectivity index is 2.35. The monoisotopic (exact) mass is 265 g/mol. The van der Waals surface area contributed by atoms with E-state index >= 15 is 0 Å². The molecule has 0 radical (unpaired) electrons. The molecule has 1 heterocycles. The minimum absolute atomic E-state index is 0.326. The molecular formula is C18H19NO. The fraction of sp³-hybridized carbons (Fsp3) is 0.222. The minimum atomic E-state index is 0.326. The van der Waals surface area contributed by atoms with E-state index in [1.165, 1.54) is 22.2 Å². The molecule has 0 saturated heterocycles. The number of aromatic hydroxyl groups is 1. The number of aromatic nitrogens is 1. The van der Waals surface area contributed by atoms with Crippen LogP contribution in [0.25, 0.3) is 22.0 Å². The van der Waals surface area contributed by atoms with Crippen LogP contribution < -0.4 is 0 Å². The zero-order valence-electron chi connectivity index (χ0n) is 11.9. The van der Waals surface area contributed by atoms with Crippen LogP contribution in [-0.4, -0.2) is 9.67 Å². The third-order valence-electron chi connectivity index (χ3n) is 3.82. The van der Waals surface area contributed by atoms with Crippen molar-refractivity contribution in [3.8, 4) is 16.9 Å². The fourth-order valence-corrected chi connectivity index (χ4v) is 2.95. The molecule has 0 unspecified atom stereocenters. The molecule has 0 spiro atoms. The molecule has 0 aliphatic heterocycles. The summed E-state index contributed by atoms with van der Waals surface area (Å²) in [6.45, 7) is 5.31. The number of fused-ring (bicyclic) bond motifs is 1. The Kier molecular flexibility index (Phi) is 3.23. The maximum atomic E-state index is 9.78. The molecule has 2 aromatic carbocycles. The first-order chi connectivity index (χ1) is 9.72. The summed E-state index contributed by atoms with van der Waals surface area (Å²) < 4.78 is 2.30. The number of phenolic OH excluding ortho intramolecular Hbond substituents is 1. The third kappa shape index (κ3) is 1.97. The topological polar surface area (TPSA) is 25.2 Å². The highest BCUT2D eigenvalue weighted by atomic mass is 16.3. The van der Waals surface area contributed by atoms with Crippen LogP contribution >= 0.6 is 0 Å². The molecule has 0 aliphatic rings. The first-order valence-electron chi connectivity index (χ1n) is 7.09. The lowest BCUT2D eigenvalue weighted by molar-refractivity contribution is 0.475. The summed E-state index contributed by atoms with van der Waals surface area (Å²) in [7, 11) is 0. The van der Waals surface area contributed by atoms with Crippen LogP contribution in [0.3, 0.4) is 0 Å². The predicted octanol–water partition coefficient (Wildman–Crippen LogP) is 4.73. The van der Waals surface area contributed by atoms with E-state index < -0.39 is 0 Å². The van der Waals surface area contributed by atoms with Crippen LogP contribution in [0.15, 0.2) is 48.5 Å². The summed E-state index contributed by atoms with van der Waals surface area (Å²) in [5, 5.41) is 11.0. The van der Waals surface area contributed by atoms with E-state index in [1.807, 2.05) is 18.2 Å². The molecule has 0 amide bonds. The van der Waals surface area contributed by atoms with Crippen molar-refractivity contribution in [3.05, 3.63) is 54.2 Å². The predicted molar refractivity (Wildman–Crippen MR) is 84.1 cm³/mol. The van der Waals surface area contributed by atoms with Gasteiger partial charge in [0, 0.05) is 29.3 Å². The SMILES string of the molecule is CCCn1c(C)c(-c2ccccc2)c2ccc(O)cc21. The van der Waals surface area contributed by atoms with E-state index in [0.717, 1.165) is 18.5 Å². The molecule has 0 atom stereocenters. The van der Waals surface area contributed by atoms with Crippen molar-refractivity contribution < 1.29 is 5.11 Å². The van der Waals surface area contributed by atoms with Crippen molar-refractivity contribution in [2.24, 2.45) is 0 Å².